The Labute approximate surface area is 420 Å². The van der Waals surface area contributed by atoms with E-state index in [1.54, 1.807) is 0 Å². The Kier molecular flexibility index (Phi) is 36.6. The summed E-state index contributed by atoms with van der Waals surface area (Å²) in [5.41, 5.74) is 13.0. The first-order valence-corrected chi connectivity index (χ1v) is 25.1. The second-order valence-corrected chi connectivity index (χ2v) is 17.3. The van der Waals surface area contributed by atoms with Gasteiger partial charge in [-0.15, -0.1) is 0 Å². The monoisotopic (exact) mass is 1000 g/mol. The van der Waals surface area contributed by atoms with Gasteiger partial charge >= 0.3 is 17.9 Å². The van der Waals surface area contributed by atoms with Crippen molar-refractivity contribution < 1.29 is 63.2 Å². The Hall–Kier alpha value is -5.83. The number of aliphatic carboxylic acids is 3. The van der Waals surface area contributed by atoms with Crippen LogP contribution in [0.25, 0.3) is 5.57 Å². The molecule has 1 aromatic carbocycles. The molecule has 0 aromatic heterocycles. The van der Waals surface area contributed by atoms with Crippen LogP contribution in [0.2, 0.25) is 0 Å². The summed E-state index contributed by atoms with van der Waals surface area (Å²) < 4.78 is 5.80. The number of carbonyl (C=O) groups is 9. The van der Waals surface area contributed by atoms with Crippen molar-refractivity contribution in [2.24, 2.45) is 11.5 Å². The molecule has 71 heavy (non-hydrogen) atoms. The third-order valence-electron chi connectivity index (χ3n) is 11.3. The Balaban J connectivity index is 0.0000242. The minimum Gasteiger partial charge on any atom is -0.494 e. The van der Waals surface area contributed by atoms with Crippen molar-refractivity contribution in [3.05, 3.63) is 36.4 Å². The number of hydrogen-bond donors (Lipinski definition) is 10. The molecule has 1 rings (SSSR count). The van der Waals surface area contributed by atoms with Gasteiger partial charge in [0, 0.05) is 38.8 Å². The number of rotatable bonds is 41. The van der Waals surface area contributed by atoms with Gasteiger partial charge in [0.2, 0.25) is 29.5 Å². The SMILES string of the molecule is CC.[B]C(=O)[C@@H](N)CCCCNC(=O)[C@@H](N)CCCCNC(=O)CC[C@H](NC(=O)CC[C@H](NC(=O)CC[C@H](NC(=O)CCCCCCCCCCCOc1ccc(C(=C)C)cc1)C(=O)O)C(=O)O)C(=O)O. The topological polar surface area (TPSA) is 336 Å². The summed E-state index contributed by atoms with van der Waals surface area (Å²) in [5, 5.41) is 41.1. The maximum atomic E-state index is 12.6. The number of carboxylic acid groups (broad SMARTS) is 3. The van der Waals surface area contributed by atoms with Crippen LogP contribution in [0.1, 0.15) is 168 Å². The van der Waals surface area contributed by atoms with Crippen LogP contribution in [-0.2, 0) is 43.2 Å². The number of carboxylic acids is 3. The fourth-order valence-electron chi connectivity index (χ4n) is 6.96. The van der Waals surface area contributed by atoms with E-state index in [0.717, 1.165) is 68.3 Å². The van der Waals surface area contributed by atoms with Gasteiger partial charge < -0.3 is 62.9 Å². The van der Waals surface area contributed by atoms with Crippen molar-refractivity contribution in [1.82, 2.24) is 26.6 Å². The predicted octanol–water partition coefficient (Wildman–Crippen LogP) is 4.00. The molecule has 5 amide bonds. The van der Waals surface area contributed by atoms with Crippen molar-refractivity contribution >= 4 is 66.5 Å². The highest BCUT2D eigenvalue weighted by atomic mass is 16.5. The van der Waals surface area contributed by atoms with Crippen molar-refractivity contribution in [3.63, 3.8) is 0 Å². The maximum absolute atomic E-state index is 12.6. The van der Waals surface area contributed by atoms with Crippen molar-refractivity contribution in [2.45, 2.75) is 192 Å². The largest absolute Gasteiger partial charge is 0.494 e. The molecule has 398 valence electrons. The van der Waals surface area contributed by atoms with Crippen molar-refractivity contribution in [3.8, 4) is 5.75 Å². The van der Waals surface area contributed by atoms with E-state index in [1.165, 1.54) is 0 Å². The molecule has 0 saturated carbocycles. The summed E-state index contributed by atoms with van der Waals surface area (Å²) in [4.78, 5) is 109. The van der Waals surface area contributed by atoms with Crippen LogP contribution in [0.15, 0.2) is 30.8 Å². The summed E-state index contributed by atoms with van der Waals surface area (Å²) in [6, 6.07) is 2.02. The van der Waals surface area contributed by atoms with Crippen LogP contribution in [0.5, 0.6) is 5.75 Å². The number of allylic oxidation sites excluding steroid dienone is 1. The van der Waals surface area contributed by atoms with E-state index in [-0.39, 0.29) is 38.1 Å². The van der Waals surface area contributed by atoms with Crippen LogP contribution in [-0.4, -0.2) is 126 Å². The molecule has 1 aromatic rings. The number of nitrogens with one attached hydrogen (secondary N) is 5. The first-order chi connectivity index (χ1) is 33.8. The molecule has 0 saturated heterocycles. The first kappa shape index (κ1) is 65.2. The zero-order valence-corrected chi connectivity index (χ0v) is 42.2. The van der Waals surface area contributed by atoms with E-state index < -0.39 is 96.7 Å². The van der Waals surface area contributed by atoms with E-state index in [4.69, 9.17) is 24.1 Å². The van der Waals surface area contributed by atoms with E-state index in [9.17, 15) is 58.5 Å². The second kappa shape index (κ2) is 39.8. The van der Waals surface area contributed by atoms with E-state index >= 15 is 0 Å². The van der Waals surface area contributed by atoms with Gasteiger partial charge in [-0.25, -0.2) is 14.4 Å². The summed E-state index contributed by atoms with van der Waals surface area (Å²) in [5.74, 6) is -6.34. The molecule has 0 aliphatic heterocycles. The highest BCUT2D eigenvalue weighted by molar-refractivity contribution is 6.59. The number of ether oxygens (including phenoxy) is 1. The van der Waals surface area contributed by atoms with Crippen molar-refractivity contribution in [1.29, 1.82) is 0 Å². The van der Waals surface area contributed by atoms with Gasteiger partial charge in [-0.05, 0) is 95.2 Å². The van der Waals surface area contributed by atoms with Gasteiger partial charge in [0.05, 0.1) is 24.4 Å². The lowest BCUT2D eigenvalue weighted by atomic mass is 9.92. The van der Waals surface area contributed by atoms with Crippen LogP contribution in [0.4, 0.5) is 0 Å². The van der Waals surface area contributed by atoms with Gasteiger partial charge in [0.1, 0.15) is 23.9 Å². The lowest BCUT2D eigenvalue weighted by Crippen LogP contribution is -2.45. The van der Waals surface area contributed by atoms with E-state index in [2.05, 4.69) is 33.2 Å². The van der Waals surface area contributed by atoms with Crippen LogP contribution >= 0.6 is 0 Å². The minimum absolute atomic E-state index is 0.119. The lowest BCUT2D eigenvalue weighted by molar-refractivity contribution is -0.144. The molecular weight excluding hydrogens is 917 g/mol. The highest BCUT2D eigenvalue weighted by Gasteiger charge is 2.26. The van der Waals surface area contributed by atoms with Gasteiger partial charge in [-0.3, -0.25) is 24.0 Å². The van der Waals surface area contributed by atoms with Gasteiger partial charge in [-0.1, -0.05) is 83.1 Å². The van der Waals surface area contributed by atoms with E-state index in [1.807, 2.05) is 45.0 Å². The number of nitrogens with two attached hydrogens (primary N) is 2. The second-order valence-electron chi connectivity index (χ2n) is 17.3. The fraction of sp³-hybridized carbons (Fsp3) is 0.660. The Morgan fingerprint density at radius 3 is 1.37 bits per heavy atom. The Morgan fingerprint density at radius 1 is 0.535 bits per heavy atom. The molecule has 12 N–H and O–H groups in total. The quantitative estimate of drug-likeness (QED) is 0.0327. The Morgan fingerprint density at radius 2 is 0.930 bits per heavy atom. The molecule has 0 unspecified atom stereocenters. The number of unbranched alkanes of at least 4 members (excludes halogenated alkanes) is 10. The normalized spacial score (nSPS) is 12.8. The molecule has 20 nitrogen and oxygen atoms in total. The fourth-order valence-corrected chi connectivity index (χ4v) is 6.96. The zero-order valence-electron chi connectivity index (χ0n) is 42.2. The van der Waals surface area contributed by atoms with Gasteiger partial charge in [0.25, 0.3) is 0 Å². The smallest absolute Gasteiger partial charge is 0.326 e. The number of carbonyl (C=O) groups excluding carboxylic acids is 6. The third kappa shape index (κ3) is 33.4. The van der Waals surface area contributed by atoms with Gasteiger partial charge in [-0.2, -0.15) is 0 Å². The third-order valence-corrected chi connectivity index (χ3v) is 11.3. The molecule has 21 heteroatoms. The minimum atomic E-state index is -1.56. The molecule has 0 aliphatic carbocycles. The number of amides is 5. The standard InChI is InChI=1S/C48H76BN7O13.C2H6/c1-32(2)33-19-21-34(22-20-33)69-31-15-9-7-5-3-4-6-8-10-18-41(58)54-38(47(65)66)24-27-43(60)56-39(48(67)68)25-28-42(59)55-37(46(63)64)23-26-40(57)52-29-13-12-17-36(51)45(62)53-30-14-11-16-35(50)44(49)61;1-2/h19-22,35-39H,1,3-18,23-31,50-51H2,2H3,(H,52,57)(H,53,62)(H,54,58)(H,55,59)(H,56,60)(H,63,64)(H,65,66)(H,67,68);1-2H3/t35-,36-,37-,38-,39-;/m0./s1. The summed E-state index contributed by atoms with van der Waals surface area (Å²) >= 11 is 0. The zero-order chi connectivity index (χ0) is 53.6. The van der Waals surface area contributed by atoms with Crippen LogP contribution < -0.4 is 42.8 Å². The molecule has 0 bridgehead atoms. The van der Waals surface area contributed by atoms with E-state index in [0.29, 0.717) is 58.1 Å². The average molecular weight is 1000 g/mol. The van der Waals surface area contributed by atoms with Crippen LogP contribution in [0, 0.1) is 0 Å². The molecule has 0 heterocycles. The highest BCUT2D eigenvalue weighted by Crippen LogP contribution is 2.18. The first-order valence-electron chi connectivity index (χ1n) is 25.1. The number of hydrogen-bond acceptors (Lipinski definition) is 12. The molecular formula is C50H82BN7O13. The summed E-state index contributed by atoms with van der Waals surface area (Å²) in [6.45, 7) is 11.2. The summed E-state index contributed by atoms with van der Waals surface area (Å²) in [7, 11) is 5.11. The van der Waals surface area contributed by atoms with Gasteiger partial charge in [0.15, 0.2) is 7.85 Å². The maximum Gasteiger partial charge on any atom is 0.326 e. The molecule has 5 atom stereocenters. The lowest BCUT2D eigenvalue weighted by Gasteiger charge is -2.18. The molecule has 0 spiro atoms. The summed E-state index contributed by atoms with van der Waals surface area (Å²) in [6.07, 6.45) is 9.64. The molecule has 0 aliphatic rings. The molecule has 2 radical (unpaired) electrons. The number of benzene rings is 1. The van der Waals surface area contributed by atoms with Crippen molar-refractivity contribution in [2.75, 3.05) is 19.7 Å². The Bertz CT molecular complexity index is 1800. The van der Waals surface area contributed by atoms with Crippen LogP contribution in [0.3, 0.4) is 0 Å². The predicted molar refractivity (Wildman–Crippen MR) is 271 cm³/mol. The molecule has 0 fully saturated rings. The average Bonchev–Trinajstić information content (AvgIpc) is 3.33.